The van der Waals surface area contributed by atoms with Crippen molar-refractivity contribution >= 4 is 21.7 Å². The lowest BCUT2D eigenvalue weighted by Gasteiger charge is -2.11. The number of benzene rings is 2. The number of hydrogen-bond acceptors (Lipinski definition) is 3. The van der Waals surface area contributed by atoms with E-state index < -0.39 is 0 Å². The van der Waals surface area contributed by atoms with Crippen molar-refractivity contribution in [1.29, 1.82) is 0 Å². The van der Waals surface area contributed by atoms with E-state index in [-0.39, 0.29) is 5.82 Å². The molecule has 156 valence electrons. The van der Waals surface area contributed by atoms with Crippen LogP contribution in [0, 0.1) is 5.82 Å². The predicted octanol–water partition coefficient (Wildman–Crippen LogP) is 7.45. The van der Waals surface area contributed by atoms with E-state index >= 15 is 0 Å². The molecule has 0 saturated carbocycles. The molecule has 0 radical (unpaired) electrons. The zero-order chi connectivity index (χ0) is 20.5. The van der Waals surface area contributed by atoms with Crippen LogP contribution >= 0.6 is 0 Å². The maximum absolute atomic E-state index is 14.9. The first kappa shape index (κ1) is 21.4. The number of pyridine rings is 1. The summed E-state index contributed by atoms with van der Waals surface area (Å²) < 4.78 is 26.5. The maximum atomic E-state index is 14.9. The zero-order valence-electron chi connectivity index (χ0n) is 17.7. The fourth-order valence-corrected chi connectivity index (χ4v) is 3.55. The minimum atomic E-state index is -0.330. The molecule has 1 heterocycles. The van der Waals surface area contributed by atoms with Crippen LogP contribution in [0.15, 0.2) is 36.5 Å². The van der Waals surface area contributed by atoms with E-state index in [2.05, 4.69) is 18.8 Å². The molecule has 0 fully saturated rings. The van der Waals surface area contributed by atoms with Gasteiger partial charge in [-0.2, -0.15) is 0 Å². The van der Waals surface area contributed by atoms with Gasteiger partial charge in [0.05, 0.1) is 18.7 Å². The number of nitrogens with zero attached hydrogens (tertiary/aromatic N) is 1. The Morgan fingerprint density at radius 1 is 0.759 bits per heavy atom. The van der Waals surface area contributed by atoms with Gasteiger partial charge in [-0.25, -0.2) is 4.39 Å². The van der Waals surface area contributed by atoms with Crippen LogP contribution in [-0.2, 0) is 0 Å². The number of aromatic nitrogens is 1. The van der Waals surface area contributed by atoms with Gasteiger partial charge in [0.1, 0.15) is 5.75 Å². The smallest absolute Gasteiger partial charge is 0.174 e. The van der Waals surface area contributed by atoms with Crippen LogP contribution in [0.25, 0.3) is 21.7 Å². The average molecular weight is 398 g/mol. The van der Waals surface area contributed by atoms with Crippen LogP contribution < -0.4 is 9.47 Å². The molecule has 3 aromatic rings. The SMILES string of the molecule is CCCCCCOc1ccc2c(c1)ncc1c(F)c(OCCCCCC)ccc12. The molecule has 0 aliphatic rings. The number of ether oxygens (including phenoxy) is 2. The minimum Gasteiger partial charge on any atom is -0.494 e. The maximum Gasteiger partial charge on any atom is 0.174 e. The highest BCUT2D eigenvalue weighted by atomic mass is 19.1. The lowest BCUT2D eigenvalue weighted by Crippen LogP contribution is -2.00. The third-order valence-electron chi connectivity index (χ3n) is 5.26. The lowest BCUT2D eigenvalue weighted by molar-refractivity contribution is 0.292. The van der Waals surface area contributed by atoms with Gasteiger partial charge in [-0.3, -0.25) is 4.98 Å². The summed E-state index contributed by atoms with van der Waals surface area (Å²) in [6.07, 6.45) is 10.7. The molecule has 0 amide bonds. The Morgan fingerprint density at radius 3 is 2.17 bits per heavy atom. The van der Waals surface area contributed by atoms with E-state index in [0.29, 0.717) is 24.3 Å². The van der Waals surface area contributed by atoms with Gasteiger partial charge in [0.25, 0.3) is 0 Å². The first-order valence-corrected chi connectivity index (χ1v) is 11.0. The lowest BCUT2D eigenvalue weighted by atomic mass is 10.1. The van der Waals surface area contributed by atoms with Crippen molar-refractivity contribution in [1.82, 2.24) is 4.98 Å². The van der Waals surface area contributed by atoms with E-state index in [1.54, 1.807) is 12.3 Å². The molecule has 0 spiro atoms. The number of unbranched alkanes of at least 4 members (excludes halogenated alkanes) is 6. The highest BCUT2D eigenvalue weighted by Gasteiger charge is 2.12. The first-order chi connectivity index (χ1) is 14.2. The topological polar surface area (TPSA) is 31.4 Å². The summed E-state index contributed by atoms with van der Waals surface area (Å²) >= 11 is 0. The molecule has 29 heavy (non-hydrogen) atoms. The summed E-state index contributed by atoms with van der Waals surface area (Å²) in [4.78, 5) is 4.47. The second-order valence-electron chi connectivity index (χ2n) is 7.59. The van der Waals surface area contributed by atoms with Crippen LogP contribution in [0.5, 0.6) is 11.5 Å². The van der Waals surface area contributed by atoms with Crippen molar-refractivity contribution in [2.45, 2.75) is 65.2 Å². The molecule has 3 nitrogen and oxygen atoms in total. The fourth-order valence-electron chi connectivity index (χ4n) is 3.55. The molecule has 0 N–H and O–H groups in total. The summed E-state index contributed by atoms with van der Waals surface area (Å²) in [5.41, 5.74) is 0.816. The molecule has 0 unspecified atom stereocenters. The van der Waals surface area contributed by atoms with E-state index in [9.17, 15) is 4.39 Å². The third kappa shape index (κ3) is 5.59. The highest BCUT2D eigenvalue weighted by molar-refractivity contribution is 6.06. The minimum absolute atomic E-state index is 0.308. The Balaban J connectivity index is 1.72. The van der Waals surface area contributed by atoms with Crippen LogP contribution in [0.1, 0.15) is 65.2 Å². The normalized spacial score (nSPS) is 11.3. The van der Waals surface area contributed by atoms with Crippen molar-refractivity contribution < 1.29 is 13.9 Å². The van der Waals surface area contributed by atoms with Gasteiger partial charge in [0.2, 0.25) is 0 Å². The molecule has 0 aliphatic heterocycles. The molecular weight excluding hydrogens is 365 g/mol. The molecule has 2 aromatic carbocycles. The molecule has 0 aliphatic carbocycles. The van der Waals surface area contributed by atoms with Crippen molar-refractivity contribution in [2.75, 3.05) is 13.2 Å². The Kier molecular flexibility index (Phi) is 8.09. The number of rotatable bonds is 12. The molecule has 0 atom stereocenters. The highest BCUT2D eigenvalue weighted by Crippen LogP contribution is 2.32. The Labute approximate surface area is 173 Å². The third-order valence-corrected chi connectivity index (χ3v) is 5.26. The Bertz CT molecular complexity index is 925. The molecule has 0 saturated heterocycles. The molecule has 4 heteroatoms. The van der Waals surface area contributed by atoms with Crippen molar-refractivity contribution in [2.24, 2.45) is 0 Å². The molecular formula is C25H32FNO2. The van der Waals surface area contributed by atoms with Gasteiger partial charge in [0.15, 0.2) is 11.6 Å². The summed E-state index contributed by atoms with van der Waals surface area (Å²) in [5, 5.41) is 2.27. The van der Waals surface area contributed by atoms with Gasteiger partial charge in [0, 0.05) is 23.0 Å². The number of hydrogen-bond donors (Lipinski definition) is 0. The fraction of sp³-hybridized carbons (Fsp3) is 0.480. The largest absolute Gasteiger partial charge is 0.494 e. The van der Waals surface area contributed by atoms with Gasteiger partial charge >= 0.3 is 0 Å². The number of halogens is 1. The molecule has 0 bridgehead atoms. The Hall–Kier alpha value is -2.36. The first-order valence-electron chi connectivity index (χ1n) is 11.0. The van der Waals surface area contributed by atoms with E-state index in [1.165, 1.54) is 32.1 Å². The van der Waals surface area contributed by atoms with Crippen LogP contribution in [-0.4, -0.2) is 18.2 Å². The second-order valence-corrected chi connectivity index (χ2v) is 7.59. The van der Waals surface area contributed by atoms with Crippen molar-refractivity contribution in [3.63, 3.8) is 0 Å². The van der Waals surface area contributed by atoms with Crippen LogP contribution in [0.2, 0.25) is 0 Å². The van der Waals surface area contributed by atoms with Crippen molar-refractivity contribution in [3.8, 4) is 11.5 Å². The molecule has 1 aromatic heterocycles. The predicted molar refractivity (Wildman–Crippen MR) is 118 cm³/mol. The van der Waals surface area contributed by atoms with E-state index in [1.807, 2.05) is 24.3 Å². The zero-order valence-corrected chi connectivity index (χ0v) is 17.7. The second kappa shape index (κ2) is 11.0. The quantitative estimate of drug-likeness (QED) is 0.235. The van der Waals surface area contributed by atoms with Crippen LogP contribution in [0.4, 0.5) is 4.39 Å². The van der Waals surface area contributed by atoms with Gasteiger partial charge < -0.3 is 9.47 Å². The van der Waals surface area contributed by atoms with E-state index in [4.69, 9.17) is 9.47 Å². The number of fused-ring (bicyclic) bond motifs is 3. The monoisotopic (exact) mass is 397 g/mol. The van der Waals surface area contributed by atoms with Gasteiger partial charge in [-0.15, -0.1) is 0 Å². The van der Waals surface area contributed by atoms with Gasteiger partial charge in [-0.1, -0.05) is 52.4 Å². The van der Waals surface area contributed by atoms with Gasteiger partial charge in [-0.05, 0) is 42.5 Å². The summed E-state index contributed by atoms with van der Waals surface area (Å²) in [6, 6.07) is 9.50. The Morgan fingerprint density at radius 2 is 1.45 bits per heavy atom. The summed E-state index contributed by atoms with van der Waals surface area (Å²) in [5.74, 6) is 0.791. The summed E-state index contributed by atoms with van der Waals surface area (Å²) in [6.45, 7) is 5.63. The molecule has 3 rings (SSSR count). The average Bonchev–Trinajstić information content (AvgIpc) is 2.74. The van der Waals surface area contributed by atoms with Crippen molar-refractivity contribution in [3.05, 3.63) is 42.3 Å². The standard InChI is InChI=1S/C25H32FNO2/c1-3-5-7-9-15-28-19-11-12-21-20-13-14-24(29-16-10-8-6-4-2)25(26)22(20)18-27-23(21)17-19/h11-14,17-18H,3-10,15-16H2,1-2H3. The van der Waals surface area contributed by atoms with Crippen LogP contribution in [0.3, 0.4) is 0 Å². The van der Waals surface area contributed by atoms with E-state index in [0.717, 1.165) is 41.3 Å². The summed E-state index contributed by atoms with van der Waals surface area (Å²) in [7, 11) is 0.